The Bertz CT molecular complexity index is 632. The Balaban J connectivity index is 2.40. The van der Waals surface area contributed by atoms with E-state index in [1.807, 2.05) is 6.92 Å². The van der Waals surface area contributed by atoms with Crippen molar-refractivity contribution in [2.75, 3.05) is 0 Å². The summed E-state index contributed by atoms with van der Waals surface area (Å²) in [6.45, 7) is 2.30. The van der Waals surface area contributed by atoms with Crippen LogP contribution in [0.15, 0.2) is 17.2 Å². The Morgan fingerprint density at radius 3 is 2.67 bits per heavy atom. The van der Waals surface area contributed by atoms with E-state index in [9.17, 15) is 4.79 Å². The zero-order valence-electron chi connectivity index (χ0n) is 10.0. The third kappa shape index (κ3) is 2.42. The first-order chi connectivity index (χ1) is 8.52. The number of aromatic nitrogens is 4. The predicted molar refractivity (Wildman–Crippen MR) is 70.2 cm³/mol. The molecule has 5 nitrogen and oxygen atoms in total. The molecule has 0 aromatic carbocycles. The maximum Gasteiger partial charge on any atom is 0.255 e. The molecule has 0 radical (unpaired) electrons. The molecule has 0 atom stereocenters. The highest BCUT2D eigenvalue weighted by atomic mass is 35.5. The third-order valence-corrected chi connectivity index (χ3v) is 3.31. The molecular formula is C11H12Cl2N4O. The molecular weight excluding hydrogens is 275 g/mol. The standard InChI is InChI=1S/C11H12Cl2N4O/c1-3-7-11(13)8(16(2)15-7)5-17-6-14-9(12)4-10(17)18/h4,6H,3,5H2,1-2H3. The summed E-state index contributed by atoms with van der Waals surface area (Å²) in [6.07, 6.45) is 2.15. The van der Waals surface area contributed by atoms with Gasteiger partial charge in [-0.15, -0.1) is 0 Å². The first-order valence-corrected chi connectivity index (χ1v) is 6.20. The van der Waals surface area contributed by atoms with Crippen LogP contribution in [-0.4, -0.2) is 19.3 Å². The van der Waals surface area contributed by atoms with Crippen molar-refractivity contribution in [2.45, 2.75) is 19.9 Å². The number of rotatable bonds is 3. The van der Waals surface area contributed by atoms with E-state index in [4.69, 9.17) is 23.2 Å². The molecule has 0 bridgehead atoms. The smallest absolute Gasteiger partial charge is 0.255 e. The molecule has 2 heterocycles. The maximum absolute atomic E-state index is 11.7. The quantitative estimate of drug-likeness (QED) is 0.810. The van der Waals surface area contributed by atoms with E-state index < -0.39 is 0 Å². The first-order valence-electron chi connectivity index (χ1n) is 5.45. The van der Waals surface area contributed by atoms with Crippen LogP contribution >= 0.6 is 23.2 Å². The minimum absolute atomic E-state index is 0.182. The molecule has 2 rings (SSSR count). The van der Waals surface area contributed by atoms with Crippen LogP contribution in [0.2, 0.25) is 10.2 Å². The first kappa shape index (κ1) is 13.1. The van der Waals surface area contributed by atoms with E-state index in [0.717, 1.165) is 17.8 Å². The van der Waals surface area contributed by atoms with Gasteiger partial charge in [-0.2, -0.15) is 5.10 Å². The predicted octanol–water partition coefficient (Wildman–Crippen LogP) is 1.89. The van der Waals surface area contributed by atoms with Gasteiger partial charge in [-0.25, -0.2) is 4.98 Å². The molecule has 0 amide bonds. The lowest BCUT2D eigenvalue weighted by molar-refractivity contribution is 0.642. The van der Waals surface area contributed by atoms with Crippen molar-refractivity contribution >= 4 is 23.2 Å². The second-order valence-electron chi connectivity index (χ2n) is 3.86. The van der Waals surface area contributed by atoms with Crippen molar-refractivity contribution in [1.82, 2.24) is 19.3 Å². The summed E-state index contributed by atoms with van der Waals surface area (Å²) in [7, 11) is 1.80. The second-order valence-corrected chi connectivity index (χ2v) is 4.63. The van der Waals surface area contributed by atoms with Gasteiger partial charge >= 0.3 is 0 Å². The van der Waals surface area contributed by atoms with Crippen molar-refractivity contribution in [3.63, 3.8) is 0 Å². The molecule has 18 heavy (non-hydrogen) atoms. The van der Waals surface area contributed by atoms with Gasteiger partial charge in [0.25, 0.3) is 5.56 Å². The fraction of sp³-hybridized carbons (Fsp3) is 0.364. The molecule has 0 fully saturated rings. The van der Waals surface area contributed by atoms with Crippen molar-refractivity contribution in [3.05, 3.63) is 44.3 Å². The van der Waals surface area contributed by atoms with Gasteiger partial charge in [0, 0.05) is 13.1 Å². The van der Waals surface area contributed by atoms with Gasteiger partial charge in [0.2, 0.25) is 0 Å². The van der Waals surface area contributed by atoms with E-state index in [2.05, 4.69) is 10.1 Å². The molecule has 2 aromatic heterocycles. The zero-order chi connectivity index (χ0) is 13.3. The SMILES string of the molecule is CCc1nn(C)c(Cn2cnc(Cl)cc2=O)c1Cl. The van der Waals surface area contributed by atoms with E-state index in [1.165, 1.54) is 17.0 Å². The van der Waals surface area contributed by atoms with Gasteiger partial charge in [-0.1, -0.05) is 30.1 Å². The highest BCUT2D eigenvalue weighted by Gasteiger charge is 2.13. The van der Waals surface area contributed by atoms with Crippen LogP contribution in [0.25, 0.3) is 0 Å². The summed E-state index contributed by atoms with van der Waals surface area (Å²) < 4.78 is 3.12. The molecule has 0 aliphatic heterocycles. The maximum atomic E-state index is 11.7. The third-order valence-electron chi connectivity index (χ3n) is 2.67. The molecule has 0 aliphatic carbocycles. The number of aryl methyl sites for hydroxylation is 2. The molecule has 0 saturated heterocycles. The van der Waals surface area contributed by atoms with Crippen molar-refractivity contribution in [2.24, 2.45) is 7.05 Å². The number of hydrogen-bond acceptors (Lipinski definition) is 3. The van der Waals surface area contributed by atoms with Crippen molar-refractivity contribution in [3.8, 4) is 0 Å². The highest BCUT2D eigenvalue weighted by molar-refractivity contribution is 6.31. The van der Waals surface area contributed by atoms with Crippen LogP contribution in [0.4, 0.5) is 0 Å². The summed E-state index contributed by atoms with van der Waals surface area (Å²) in [5.41, 5.74) is 1.38. The van der Waals surface area contributed by atoms with Gasteiger partial charge in [0.15, 0.2) is 0 Å². The Morgan fingerprint density at radius 1 is 1.39 bits per heavy atom. The Hall–Kier alpha value is -1.33. The van der Waals surface area contributed by atoms with Crippen LogP contribution in [-0.2, 0) is 20.0 Å². The minimum atomic E-state index is -0.217. The molecule has 96 valence electrons. The van der Waals surface area contributed by atoms with Gasteiger partial charge in [0.05, 0.1) is 29.3 Å². The number of halogens is 2. The average molecular weight is 287 g/mol. The Morgan fingerprint density at radius 2 is 2.11 bits per heavy atom. The molecule has 0 unspecified atom stereocenters. The van der Waals surface area contributed by atoms with Crippen molar-refractivity contribution < 1.29 is 0 Å². The van der Waals surface area contributed by atoms with Gasteiger partial charge in [-0.3, -0.25) is 14.0 Å². The number of hydrogen-bond donors (Lipinski definition) is 0. The fourth-order valence-corrected chi connectivity index (χ4v) is 2.17. The zero-order valence-corrected chi connectivity index (χ0v) is 11.5. The summed E-state index contributed by atoms with van der Waals surface area (Å²) >= 11 is 11.9. The minimum Gasteiger partial charge on any atom is -0.293 e. The molecule has 2 aromatic rings. The summed E-state index contributed by atoms with van der Waals surface area (Å²) in [5, 5.41) is 5.08. The summed E-state index contributed by atoms with van der Waals surface area (Å²) in [4.78, 5) is 15.6. The fourth-order valence-electron chi connectivity index (χ4n) is 1.68. The van der Waals surface area contributed by atoms with Crippen LogP contribution in [0.3, 0.4) is 0 Å². The Kier molecular flexibility index (Phi) is 3.73. The van der Waals surface area contributed by atoms with Crippen molar-refractivity contribution in [1.29, 1.82) is 0 Å². The van der Waals surface area contributed by atoms with E-state index in [1.54, 1.807) is 11.7 Å². The summed E-state index contributed by atoms with van der Waals surface area (Å²) in [6, 6.07) is 1.27. The average Bonchev–Trinajstić information content (AvgIpc) is 2.59. The van der Waals surface area contributed by atoms with Gasteiger partial charge in [-0.05, 0) is 6.42 Å². The molecule has 0 spiro atoms. The molecule has 0 saturated carbocycles. The lowest BCUT2D eigenvalue weighted by atomic mass is 10.3. The van der Waals surface area contributed by atoms with Gasteiger partial charge in [0.1, 0.15) is 5.15 Å². The monoisotopic (exact) mass is 286 g/mol. The van der Waals surface area contributed by atoms with E-state index in [-0.39, 0.29) is 10.7 Å². The molecule has 0 aliphatic rings. The highest BCUT2D eigenvalue weighted by Crippen LogP contribution is 2.21. The van der Waals surface area contributed by atoms with Crippen LogP contribution in [0.1, 0.15) is 18.3 Å². The normalized spacial score (nSPS) is 10.9. The van der Waals surface area contributed by atoms with Crippen LogP contribution < -0.4 is 5.56 Å². The molecule has 0 N–H and O–H groups in total. The topological polar surface area (TPSA) is 52.7 Å². The van der Waals surface area contributed by atoms with E-state index >= 15 is 0 Å². The number of nitrogens with zero attached hydrogens (tertiary/aromatic N) is 4. The lowest BCUT2D eigenvalue weighted by Crippen LogP contribution is -2.21. The van der Waals surface area contributed by atoms with Crippen LogP contribution in [0.5, 0.6) is 0 Å². The largest absolute Gasteiger partial charge is 0.293 e. The Labute approximate surface area is 114 Å². The van der Waals surface area contributed by atoms with Crippen LogP contribution in [0, 0.1) is 0 Å². The second kappa shape index (κ2) is 5.12. The lowest BCUT2D eigenvalue weighted by Gasteiger charge is -2.05. The van der Waals surface area contributed by atoms with Gasteiger partial charge < -0.3 is 0 Å². The summed E-state index contributed by atoms with van der Waals surface area (Å²) in [5.74, 6) is 0. The molecule has 7 heteroatoms. The van der Waals surface area contributed by atoms with E-state index in [0.29, 0.717) is 11.6 Å².